The number of carbonyl (C=O) groups excluding carboxylic acids is 1. The lowest BCUT2D eigenvalue weighted by Crippen LogP contribution is -2.54. The SMILES string of the molecule is O=C(NC1(C(=O)O)CCCCCC1)c1cnc(-c2ccco2)s1. The zero-order chi connectivity index (χ0) is 16.3. The molecule has 23 heavy (non-hydrogen) atoms. The zero-order valence-electron chi connectivity index (χ0n) is 12.6. The van der Waals surface area contributed by atoms with Crippen LogP contribution in [0.2, 0.25) is 0 Å². The van der Waals surface area contributed by atoms with Gasteiger partial charge in [-0.3, -0.25) is 4.79 Å². The molecule has 0 radical (unpaired) electrons. The molecule has 0 saturated heterocycles. The molecule has 1 aliphatic rings. The second kappa shape index (κ2) is 6.54. The van der Waals surface area contributed by atoms with E-state index in [1.807, 2.05) is 0 Å². The number of rotatable bonds is 4. The Morgan fingerprint density at radius 1 is 1.26 bits per heavy atom. The fraction of sp³-hybridized carbons (Fsp3) is 0.438. The van der Waals surface area contributed by atoms with Gasteiger partial charge in [-0.25, -0.2) is 9.78 Å². The number of carboxylic acid groups (broad SMARTS) is 1. The van der Waals surface area contributed by atoms with Gasteiger partial charge in [0.05, 0.1) is 12.5 Å². The van der Waals surface area contributed by atoms with Crippen molar-refractivity contribution < 1.29 is 19.1 Å². The molecule has 0 aliphatic heterocycles. The van der Waals surface area contributed by atoms with Crippen LogP contribution < -0.4 is 5.32 Å². The molecule has 0 atom stereocenters. The van der Waals surface area contributed by atoms with Crippen molar-refractivity contribution >= 4 is 23.2 Å². The molecule has 6 nitrogen and oxygen atoms in total. The summed E-state index contributed by atoms with van der Waals surface area (Å²) >= 11 is 1.19. The molecule has 0 spiro atoms. The van der Waals surface area contributed by atoms with Gasteiger partial charge in [-0.2, -0.15) is 0 Å². The van der Waals surface area contributed by atoms with E-state index in [0.717, 1.165) is 25.7 Å². The second-order valence-electron chi connectivity index (χ2n) is 5.76. The topological polar surface area (TPSA) is 92.4 Å². The van der Waals surface area contributed by atoms with Crippen molar-refractivity contribution in [3.05, 3.63) is 29.5 Å². The molecule has 7 heteroatoms. The van der Waals surface area contributed by atoms with Crippen LogP contribution in [-0.2, 0) is 4.79 Å². The number of furan rings is 1. The summed E-state index contributed by atoms with van der Waals surface area (Å²) in [6, 6.07) is 3.52. The highest BCUT2D eigenvalue weighted by Gasteiger charge is 2.40. The van der Waals surface area contributed by atoms with Crippen LogP contribution >= 0.6 is 11.3 Å². The van der Waals surface area contributed by atoms with E-state index in [9.17, 15) is 14.7 Å². The molecule has 3 rings (SSSR count). The summed E-state index contributed by atoms with van der Waals surface area (Å²) in [4.78, 5) is 28.8. The molecular weight excluding hydrogens is 316 g/mol. The van der Waals surface area contributed by atoms with Gasteiger partial charge in [-0.15, -0.1) is 11.3 Å². The standard InChI is InChI=1S/C16H18N2O4S/c19-13(12-10-17-14(23-12)11-6-5-9-22-11)18-16(15(20)21)7-3-1-2-4-8-16/h5-6,9-10H,1-4,7-8H2,(H,18,19)(H,20,21). The van der Waals surface area contributed by atoms with Crippen molar-refractivity contribution in [2.24, 2.45) is 0 Å². The lowest BCUT2D eigenvalue weighted by molar-refractivity contribution is -0.145. The summed E-state index contributed by atoms with van der Waals surface area (Å²) < 4.78 is 5.26. The normalized spacial score (nSPS) is 17.4. The summed E-state index contributed by atoms with van der Waals surface area (Å²) in [6.07, 6.45) is 7.59. The van der Waals surface area contributed by atoms with E-state index in [-0.39, 0.29) is 5.91 Å². The van der Waals surface area contributed by atoms with Crippen molar-refractivity contribution in [1.82, 2.24) is 10.3 Å². The first-order valence-electron chi connectivity index (χ1n) is 7.66. The molecule has 0 unspecified atom stereocenters. The van der Waals surface area contributed by atoms with Crippen LogP contribution in [0, 0.1) is 0 Å². The first-order chi connectivity index (χ1) is 11.1. The average Bonchev–Trinajstić information content (AvgIpc) is 3.16. The maximum absolute atomic E-state index is 12.5. The molecule has 1 amide bonds. The maximum atomic E-state index is 12.5. The zero-order valence-corrected chi connectivity index (χ0v) is 13.4. The number of aliphatic carboxylic acids is 1. The number of carboxylic acids is 1. The Labute approximate surface area is 137 Å². The number of carbonyl (C=O) groups is 2. The maximum Gasteiger partial charge on any atom is 0.329 e. The molecule has 0 aromatic carbocycles. The minimum Gasteiger partial charge on any atom is -0.480 e. The van der Waals surface area contributed by atoms with Gasteiger partial charge in [-0.1, -0.05) is 25.7 Å². The second-order valence-corrected chi connectivity index (χ2v) is 6.79. The molecule has 1 saturated carbocycles. The Morgan fingerprint density at radius 2 is 2.00 bits per heavy atom. The highest BCUT2D eigenvalue weighted by molar-refractivity contribution is 7.16. The van der Waals surface area contributed by atoms with Gasteiger partial charge in [0.2, 0.25) is 0 Å². The Bertz CT molecular complexity index is 685. The average molecular weight is 334 g/mol. The van der Waals surface area contributed by atoms with Gasteiger partial charge >= 0.3 is 5.97 Å². The lowest BCUT2D eigenvalue weighted by Gasteiger charge is -2.28. The predicted molar refractivity (Wildman–Crippen MR) is 85.4 cm³/mol. The van der Waals surface area contributed by atoms with Crippen LogP contribution in [0.4, 0.5) is 0 Å². The van der Waals surface area contributed by atoms with Crippen LogP contribution in [0.15, 0.2) is 29.0 Å². The van der Waals surface area contributed by atoms with Gasteiger partial charge < -0.3 is 14.8 Å². The van der Waals surface area contributed by atoms with Gasteiger partial charge in [0.25, 0.3) is 5.91 Å². The highest BCUT2D eigenvalue weighted by Crippen LogP contribution is 2.29. The van der Waals surface area contributed by atoms with E-state index < -0.39 is 11.5 Å². The number of nitrogens with zero attached hydrogens (tertiary/aromatic N) is 1. The lowest BCUT2D eigenvalue weighted by atomic mass is 9.90. The van der Waals surface area contributed by atoms with E-state index in [1.165, 1.54) is 17.5 Å². The van der Waals surface area contributed by atoms with Gasteiger partial charge in [0.1, 0.15) is 10.4 Å². The van der Waals surface area contributed by atoms with E-state index in [2.05, 4.69) is 10.3 Å². The van der Waals surface area contributed by atoms with Crippen LogP contribution in [-0.4, -0.2) is 27.5 Å². The van der Waals surface area contributed by atoms with E-state index >= 15 is 0 Å². The van der Waals surface area contributed by atoms with Crippen molar-refractivity contribution in [2.45, 2.75) is 44.1 Å². The summed E-state index contributed by atoms with van der Waals surface area (Å²) in [5, 5.41) is 13.0. The highest BCUT2D eigenvalue weighted by atomic mass is 32.1. The number of amides is 1. The van der Waals surface area contributed by atoms with Crippen LogP contribution in [0.25, 0.3) is 10.8 Å². The van der Waals surface area contributed by atoms with Gasteiger partial charge in [0, 0.05) is 0 Å². The molecule has 2 aromatic heterocycles. The van der Waals surface area contributed by atoms with E-state index in [1.54, 1.807) is 18.4 Å². The number of nitrogens with one attached hydrogen (secondary N) is 1. The smallest absolute Gasteiger partial charge is 0.329 e. The number of aromatic nitrogens is 1. The van der Waals surface area contributed by atoms with Crippen LogP contribution in [0.5, 0.6) is 0 Å². The van der Waals surface area contributed by atoms with Gasteiger partial charge in [0.15, 0.2) is 10.8 Å². The summed E-state index contributed by atoms with van der Waals surface area (Å²) in [7, 11) is 0. The summed E-state index contributed by atoms with van der Waals surface area (Å²) in [6.45, 7) is 0. The monoisotopic (exact) mass is 334 g/mol. The minimum atomic E-state index is -1.16. The third-order valence-corrected chi connectivity index (χ3v) is 5.19. The van der Waals surface area contributed by atoms with Crippen molar-refractivity contribution in [3.8, 4) is 10.8 Å². The fourth-order valence-electron chi connectivity index (χ4n) is 2.90. The Balaban J connectivity index is 1.78. The third kappa shape index (κ3) is 3.29. The quantitative estimate of drug-likeness (QED) is 0.837. The minimum absolute atomic E-state index is 0.385. The van der Waals surface area contributed by atoms with Crippen molar-refractivity contribution in [3.63, 3.8) is 0 Å². The predicted octanol–water partition coefficient (Wildman–Crippen LogP) is 3.31. The Kier molecular flexibility index (Phi) is 4.47. The number of hydrogen-bond donors (Lipinski definition) is 2. The van der Waals surface area contributed by atoms with Gasteiger partial charge in [-0.05, 0) is 25.0 Å². The van der Waals surface area contributed by atoms with Crippen LogP contribution in [0.1, 0.15) is 48.2 Å². The molecule has 2 aromatic rings. The summed E-state index contributed by atoms with van der Waals surface area (Å²) in [5.74, 6) is -0.746. The molecule has 1 fully saturated rings. The summed E-state index contributed by atoms with van der Waals surface area (Å²) in [5.41, 5.74) is -1.16. The number of thiazole rings is 1. The first-order valence-corrected chi connectivity index (χ1v) is 8.48. The van der Waals surface area contributed by atoms with Crippen LogP contribution in [0.3, 0.4) is 0 Å². The molecular formula is C16H18N2O4S. The Hall–Kier alpha value is -2.15. The largest absolute Gasteiger partial charge is 0.480 e. The number of hydrogen-bond acceptors (Lipinski definition) is 5. The molecule has 0 bridgehead atoms. The van der Waals surface area contributed by atoms with E-state index in [0.29, 0.717) is 28.5 Å². The van der Waals surface area contributed by atoms with Crippen molar-refractivity contribution in [1.29, 1.82) is 0 Å². The molecule has 122 valence electrons. The van der Waals surface area contributed by atoms with Crippen molar-refractivity contribution in [2.75, 3.05) is 0 Å². The molecule has 2 heterocycles. The fourth-order valence-corrected chi connectivity index (χ4v) is 3.68. The Morgan fingerprint density at radius 3 is 2.61 bits per heavy atom. The first kappa shape index (κ1) is 15.7. The van der Waals surface area contributed by atoms with E-state index in [4.69, 9.17) is 4.42 Å². The molecule has 2 N–H and O–H groups in total. The molecule has 1 aliphatic carbocycles. The third-order valence-electron chi connectivity index (χ3n) is 4.18.